The lowest BCUT2D eigenvalue weighted by atomic mass is 10.2. The largest absolute Gasteiger partial charge is 0.322 e. The number of carbonyl (C=O) groups excluding carboxylic acids is 1. The molecule has 3 aromatic rings. The maximum absolute atomic E-state index is 13.7. The summed E-state index contributed by atoms with van der Waals surface area (Å²) in [6, 6.07) is 17.6. The van der Waals surface area contributed by atoms with Crippen LogP contribution in [-0.4, -0.2) is 20.9 Å². The van der Waals surface area contributed by atoms with Crippen LogP contribution in [-0.2, 0) is 16.4 Å². The molecular weight excluding hydrogens is 398 g/mol. The van der Waals surface area contributed by atoms with E-state index in [-0.39, 0.29) is 22.7 Å². The normalized spacial score (nSPS) is 11.2. The molecule has 150 valence electrons. The molecule has 5 nitrogen and oxygen atoms in total. The fourth-order valence-electron chi connectivity index (χ4n) is 2.65. The number of nitrogens with one attached hydrogen (secondary N) is 2. The van der Waals surface area contributed by atoms with Crippen molar-refractivity contribution in [2.75, 3.05) is 11.9 Å². The fourth-order valence-corrected chi connectivity index (χ4v) is 3.68. The van der Waals surface area contributed by atoms with Gasteiger partial charge in [0.1, 0.15) is 11.6 Å². The van der Waals surface area contributed by atoms with Gasteiger partial charge in [-0.15, -0.1) is 0 Å². The van der Waals surface area contributed by atoms with Gasteiger partial charge in [0, 0.05) is 18.3 Å². The summed E-state index contributed by atoms with van der Waals surface area (Å²) in [7, 11) is -3.70. The topological polar surface area (TPSA) is 75.3 Å². The van der Waals surface area contributed by atoms with Crippen molar-refractivity contribution >= 4 is 21.6 Å². The van der Waals surface area contributed by atoms with Crippen molar-refractivity contribution in [2.24, 2.45) is 0 Å². The Labute approximate surface area is 167 Å². The molecule has 0 aromatic heterocycles. The van der Waals surface area contributed by atoms with Gasteiger partial charge in [0.25, 0.3) is 5.91 Å². The zero-order chi connectivity index (χ0) is 20.9. The Bertz CT molecular complexity index is 1100. The van der Waals surface area contributed by atoms with Gasteiger partial charge >= 0.3 is 0 Å². The average molecular weight is 416 g/mol. The summed E-state index contributed by atoms with van der Waals surface area (Å²) in [5.74, 6) is -2.53. The van der Waals surface area contributed by atoms with Gasteiger partial charge in [-0.1, -0.05) is 30.3 Å². The molecule has 0 saturated heterocycles. The lowest BCUT2D eigenvalue weighted by Crippen LogP contribution is -2.26. The molecule has 2 N–H and O–H groups in total. The van der Waals surface area contributed by atoms with Crippen molar-refractivity contribution in [3.63, 3.8) is 0 Å². The molecule has 0 saturated carbocycles. The maximum atomic E-state index is 13.7. The van der Waals surface area contributed by atoms with E-state index in [2.05, 4.69) is 10.0 Å². The first-order valence-corrected chi connectivity index (χ1v) is 10.2. The lowest BCUT2D eigenvalue weighted by Gasteiger charge is -2.09. The molecule has 0 fully saturated rings. The standard InChI is InChI=1S/C21H18F2N2O3S/c22-16-6-11-19(20(23)14-16)21(26)25-17-7-9-18(10-8-17)29(27,28)24-13-12-15-4-2-1-3-5-15/h1-11,14,24H,12-13H2,(H,25,26). The minimum atomic E-state index is -3.70. The minimum Gasteiger partial charge on any atom is -0.322 e. The second-order valence-corrected chi connectivity index (χ2v) is 8.00. The number of benzene rings is 3. The molecule has 3 aromatic carbocycles. The number of sulfonamides is 1. The van der Waals surface area contributed by atoms with E-state index >= 15 is 0 Å². The molecule has 29 heavy (non-hydrogen) atoms. The van der Waals surface area contributed by atoms with Crippen molar-refractivity contribution in [3.05, 3.63) is 95.6 Å². The second-order valence-electron chi connectivity index (χ2n) is 6.24. The predicted molar refractivity (Wildman–Crippen MR) is 106 cm³/mol. The van der Waals surface area contributed by atoms with Gasteiger partial charge in [0.05, 0.1) is 10.5 Å². The SMILES string of the molecule is O=C(Nc1ccc(S(=O)(=O)NCCc2ccccc2)cc1)c1ccc(F)cc1F. The molecule has 0 aliphatic rings. The summed E-state index contributed by atoms with van der Waals surface area (Å²) >= 11 is 0. The van der Waals surface area contributed by atoms with Crippen LogP contribution in [0, 0.1) is 11.6 Å². The van der Waals surface area contributed by atoms with Crippen LogP contribution >= 0.6 is 0 Å². The van der Waals surface area contributed by atoms with Gasteiger partial charge in [-0.25, -0.2) is 21.9 Å². The summed E-state index contributed by atoms with van der Waals surface area (Å²) < 4.78 is 53.9. The van der Waals surface area contributed by atoms with E-state index in [4.69, 9.17) is 0 Å². The van der Waals surface area contributed by atoms with Gasteiger partial charge < -0.3 is 5.32 Å². The van der Waals surface area contributed by atoms with Crippen LogP contribution in [0.3, 0.4) is 0 Å². The summed E-state index contributed by atoms with van der Waals surface area (Å²) in [5, 5.41) is 2.45. The lowest BCUT2D eigenvalue weighted by molar-refractivity contribution is 0.102. The van der Waals surface area contributed by atoms with Crippen LogP contribution in [0.25, 0.3) is 0 Å². The van der Waals surface area contributed by atoms with Crippen molar-refractivity contribution in [2.45, 2.75) is 11.3 Å². The summed E-state index contributed by atoms with van der Waals surface area (Å²) in [6.45, 7) is 0.245. The molecule has 1 amide bonds. The smallest absolute Gasteiger partial charge is 0.258 e. The van der Waals surface area contributed by atoms with E-state index in [1.54, 1.807) is 0 Å². The Morgan fingerprint density at radius 2 is 1.59 bits per heavy atom. The fraction of sp³-hybridized carbons (Fsp3) is 0.0952. The number of hydrogen-bond acceptors (Lipinski definition) is 3. The monoisotopic (exact) mass is 416 g/mol. The van der Waals surface area contributed by atoms with Crippen LogP contribution in [0.1, 0.15) is 15.9 Å². The third-order valence-electron chi connectivity index (χ3n) is 4.15. The Morgan fingerprint density at radius 3 is 2.24 bits per heavy atom. The number of halogens is 2. The van der Waals surface area contributed by atoms with Gasteiger partial charge in [0.15, 0.2) is 0 Å². The Morgan fingerprint density at radius 1 is 0.897 bits per heavy atom. The van der Waals surface area contributed by atoms with Gasteiger partial charge in [0.2, 0.25) is 10.0 Å². The van der Waals surface area contributed by atoms with Gasteiger partial charge in [-0.05, 0) is 48.4 Å². The third-order valence-corrected chi connectivity index (χ3v) is 5.62. The maximum Gasteiger partial charge on any atom is 0.258 e. The molecule has 0 bridgehead atoms. The Hall–Kier alpha value is -3.10. The zero-order valence-electron chi connectivity index (χ0n) is 15.2. The number of rotatable bonds is 7. The van der Waals surface area contributed by atoms with Crippen molar-refractivity contribution in [1.29, 1.82) is 0 Å². The van der Waals surface area contributed by atoms with E-state index in [0.29, 0.717) is 12.5 Å². The van der Waals surface area contributed by atoms with E-state index in [0.717, 1.165) is 17.7 Å². The highest BCUT2D eigenvalue weighted by Crippen LogP contribution is 2.16. The first-order valence-electron chi connectivity index (χ1n) is 8.75. The molecule has 0 unspecified atom stereocenters. The highest BCUT2D eigenvalue weighted by Gasteiger charge is 2.15. The highest BCUT2D eigenvalue weighted by atomic mass is 32.2. The van der Waals surface area contributed by atoms with Crippen molar-refractivity contribution in [1.82, 2.24) is 4.72 Å². The molecule has 0 aliphatic heterocycles. The quantitative estimate of drug-likeness (QED) is 0.616. The molecule has 0 aliphatic carbocycles. The van der Waals surface area contributed by atoms with Crippen molar-refractivity contribution < 1.29 is 22.0 Å². The number of hydrogen-bond donors (Lipinski definition) is 2. The highest BCUT2D eigenvalue weighted by molar-refractivity contribution is 7.89. The summed E-state index contributed by atoms with van der Waals surface area (Å²) in [5.41, 5.74) is 0.980. The number of carbonyl (C=O) groups is 1. The Balaban J connectivity index is 1.62. The first kappa shape index (κ1) is 20.6. The van der Waals surface area contributed by atoms with Crippen LogP contribution in [0.5, 0.6) is 0 Å². The van der Waals surface area contributed by atoms with Crippen LogP contribution < -0.4 is 10.0 Å². The van der Waals surface area contributed by atoms with Gasteiger partial charge in [-0.3, -0.25) is 4.79 Å². The Kier molecular flexibility index (Phi) is 6.36. The zero-order valence-corrected chi connectivity index (χ0v) is 16.0. The molecule has 0 heterocycles. The predicted octanol–water partition coefficient (Wildman–Crippen LogP) is 3.74. The molecule has 3 rings (SSSR count). The number of amides is 1. The van der Waals surface area contributed by atoms with Crippen LogP contribution in [0.4, 0.5) is 14.5 Å². The first-order chi connectivity index (χ1) is 13.8. The summed E-state index contributed by atoms with van der Waals surface area (Å²) in [4.78, 5) is 12.1. The number of anilines is 1. The third kappa shape index (κ3) is 5.46. The average Bonchev–Trinajstić information content (AvgIpc) is 2.69. The minimum absolute atomic E-state index is 0.0384. The van der Waals surface area contributed by atoms with E-state index in [9.17, 15) is 22.0 Å². The molecule has 0 spiro atoms. The van der Waals surface area contributed by atoms with Gasteiger partial charge in [-0.2, -0.15) is 0 Å². The molecular formula is C21H18F2N2O3S. The van der Waals surface area contributed by atoms with E-state index < -0.39 is 27.6 Å². The van der Waals surface area contributed by atoms with E-state index in [1.807, 2.05) is 30.3 Å². The molecule has 8 heteroatoms. The summed E-state index contributed by atoms with van der Waals surface area (Å²) in [6.07, 6.45) is 0.553. The van der Waals surface area contributed by atoms with Crippen molar-refractivity contribution in [3.8, 4) is 0 Å². The molecule has 0 radical (unpaired) electrons. The van der Waals surface area contributed by atoms with E-state index in [1.165, 1.54) is 24.3 Å². The van der Waals surface area contributed by atoms with Crippen LogP contribution in [0.2, 0.25) is 0 Å². The second kappa shape index (κ2) is 8.93. The van der Waals surface area contributed by atoms with Crippen LogP contribution in [0.15, 0.2) is 77.7 Å². The molecule has 0 atom stereocenters.